The van der Waals surface area contributed by atoms with E-state index in [4.69, 9.17) is 0 Å². The minimum absolute atomic E-state index is 0.00431. The third-order valence-electron chi connectivity index (χ3n) is 4.13. The number of urea groups is 1. The molecule has 0 radical (unpaired) electrons. The van der Waals surface area contributed by atoms with Gasteiger partial charge in [0, 0.05) is 13.0 Å². The molecule has 0 saturated heterocycles. The van der Waals surface area contributed by atoms with Gasteiger partial charge in [-0.25, -0.2) is 14.5 Å². The van der Waals surface area contributed by atoms with Crippen LogP contribution in [0.2, 0.25) is 0 Å². The molecule has 2 aromatic rings. The van der Waals surface area contributed by atoms with Crippen LogP contribution in [0.15, 0.2) is 36.7 Å². The van der Waals surface area contributed by atoms with Gasteiger partial charge in [-0.2, -0.15) is 5.10 Å². The van der Waals surface area contributed by atoms with Crippen LogP contribution in [0.4, 0.5) is 4.79 Å². The van der Waals surface area contributed by atoms with Crippen molar-refractivity contribution in [2.75, 3.05) is 13.1 Å². The number of carbonyl (C=O) groups is 2. The number of amides is 3. The first kappa shape index (κ1) is 16.9. The van der Waals surface area contributed by atoms with Crippen molar-refractivity contribution in [2.45, 2.75) is 31.8 Å². The monoisotopic (exact) mass is 342 g/mol. The van der Waals surface area contributed by atoms with E-state index in [0.29, 0.717) is 13.1 Å². The lowest BCUT2D eigenvalue weighted by Crippen LogP contribution is -2.48. The number of hydrogen-bond acceptors (Lipinski definition) is 4. The number of fused-ring (bicyclic) bond motifs is 1. The molecule has 0 aliphatic carbocycles. The predicted molar refractivity (Wildman–Crippen MR) is 91.8 cm³/mol. The zero-order valence-corrected chi connectivity index (χ0v) is 13.9. The van der Waals surface area contributed by atoms with Crippen molar-refractivity contribution in [2.24, 2.45) is 0 Å². The number of rotatable bonds is 6. The molecular weight excluding hydrogens is 320 g/mol. The fraction of sp³-hybridized carbons (Fsp3) is 0.412. The highest BCUT2D eigenvalue weighted by Gasteiger charge is 2.21. The van der Waals surface area contributed by atoms with Gasteiger partial charge in [0.1, 0.15) is 12.2 Å². The molecule has 132 valence electrons. The van der Waals surface area contributed by atoms with E-state index in [-0.39, 0.29) is 24.5 Å². The zero-order chi connectivity index (χ0) is 17.5. The molecule has 1 aromatic carbocycles. The highest BCUT2D eigenvalue weighted by molar-refractivity contribution is 5.83. The minimum Gasteiger partial charge on any atom is -0.354 e. The predicted octanol–water partition coefficient (Wildman–Crippen LogP) is 0.251. The Labute approximate surface area is 146 Å². The number of carbonyl (C=O) groups excluding carboxylic acids is 2. The number of benzene rings is 1. The molecule has 0 spiro atoms. The van der Waals surface area contributed by atoms with Crippen LogP contribution in [0.5, 0.6) is 0 Å². The summed E-state index contributed by atoms with van der Waals surface area (Å²) in [5.41, 5.74) is 1.17. The van der Waals surface area contributed by atoms with Crippen LogP contribution < -0.4 is 16.0 Å². The summed E-state index contributed by atoms with van der Waals surface area (Å²) in [5, 5.41) is 12.4. The third-order valence-corrected chi connectivity index (χ3v) is 4.13. The summed E-state index contributed by atoms with van der Waals surface area (Å²) in [6.45, 7) is 1.11. The van der Waals surface area contributed by atoms with E-state index in [1.807, 2.05) is 30.3 Å². The maximum absolute atomic E-state index is 11.9. The SMILES string of the molecule is O=C(CNC(=O)N[C@H]1CCc2ncnn2C1)NCCc1ccccc1. The van der Waals surface area contributed by atoms with Gasteiger partial charge in [0.25, 0.3) is 0 Å². The van der Waals surface area contributed by atoms with Gasteiger partial charge in [0.2, 0.25) is 5.91 Å². The molecule has 1 aliphatic rings. The number of nitrogens with one attached hydrogen (secondary N) is 3. The summed E-state index contributed by atoms with van der Waals surface area (Å²) in [6.07, 6.45) is 3.89. The Bertz CT molecular complexity index is 715. The number of hydrogen-bond donors (Lipinski definition) is 3. The van der Waals surface area contributed by atoms with Crippen molar-refractivity contribution in [1.82, 2.24) is 30.7 Å². The van der Waals surface area contributed by atoms with E-state index in [2.05, 4.69) is 26.0 Å². The van der Waals surface area contributed by atoms with Crippen LogP contribution in [0.1, 0.15) is 17.8 Å². The average Bonchev–Trinajstić information content (AvgIpc) is 3.09. The van der Waals surface area contributed by atoms with Crippen molar-refractivity contribution in [3.8, 4) is 0 Å². The highest BCUT2D eigenvalue weighted by Crippen LogP contribution is 2.10. The molecule has 0 saturated carbocycles. The van der Waals surface area contributed by atoms with Crippen molar-refractivity contribution < 1.29 is 9.59 Å². The Balaban J connectivity index is 1.31. The smallest absolute Gasteiger partial charge is 0.315 e. The molecule has 1 aromatic heterocycles. The molecule has 3 N–H and O–H groups in total. The average molecular weight is 342 g/mol. The van der Waals surface area contributed by atoms with Gasteiger partial charge in [-0.1, -0.05) is 30.3 Å². The van der Waals surface area contributed by atoms with Crippen LogP contribution >= 0.6 is 0 Å². The molecule has 0 bridgehead atoms. The molecule has 25 heavy (non-hydrogen) atoms. The van der Waals surface area contributed by atoms with E-state index in [1.54, 1.807) is 4.68 Å². The Kier molecular flexibility index (Phi) is 5.61. The van der Waals surface area contributed by atoms with E-state index < -0.39 is 0 Å². The zero-order valence-electron chi connectivity index (χ0n) is 13.9. The molecule has 0 fully saturated rings. The van der Waals surface area contributed by atoms with Gasteiger partial charge in [-0.3, -0.25) is 4.79 Å². The summed E-state index contributed by atoms with van der Waals surface area (Å²) in [4.78, 5) is 27.8. The Morgan fingerprint density at radius 3 is 2.88 bits per heavy atom. The van der Waals surface area contributed by atoms with E-state index >= 15 is 0 Å². The Morgan fingerprint density at radius 1 is 1.20 bits per heavy atom. The van der Waals surface area contributed by atoms with Gasteiger partial charge < -0.3 is 16.0 Å². The topological polar surface area (TPSA) is 101 Å². The van der Waals surface area contributed by atoms with E-state index in [0.717, 1.165) is 25.1 Å². The normalized spacial score (nSPS) is 15.9. The molecule has 8 heteroatoms. The second-order valence-electron chi connectivity index (χ2n) is 6.01. The van der Waals surface area contributed by atoms with E-state index in [9.17, 15) is 9.59 Å². The molecule has 1 aliphatic heterocycles. The number of aryl methyl sites for hydroxylation is 1. The number of nitrogens with zero attached hydrogens (tertiary/aromatic N) is 3. The van der Waals surface area contributed by atoms with Gasteiger partial charge >= 0.3 is 6.03 Å². The molecular formula is C17H22N6O2. The second-order valence-corrected chi connectivity index (χ2v) is 6.01. The second kappa shape index (κ2) is 8.27. The van der Waals surface area contributed by atoms with Crippen LogP contribution in [0, 0.1) is 0 Å². The lowest BCUT2D eigenvalue weighted by molar-refractivity contribution is -0.120. The molecule has 1 atom stereocenters. The molecule has 2 heterocycles. The van der Waals surface area contributed by atoms with Gasteiger partial charge in [0.15, 0.2) is 0 Å². The van der Waals surface area contributed by atoms with Gasteiger partial charge in [-0.15, -0.1) is 0 Å². The lowest BCUT2D eigenvalue weighted by atomic mass is 10.1. The fourth-order valence-corrected chi connectivity index (χ4v) is 2.81. The van der Waals surface area contributed by atoms with Crippen LogP contribution in [0.25, 0.3) is 0 Å². The lowest BCUT2D eigenvalue weighted by Gasteiger charge is -2.23. The molecule has 8 nitrogen and oxygen atoms in total. The van der Waals surface area contributed by atoms with E-state index in [1.165, 1.54) is 11.9 Å². The maximum Gasteiger partial charge on any atom is 0.315 e. The first-order valence-electron chi connectivity index (χ1n) is 8.42. The maximum atomic E-state index is 11.9. The summed E-state index contributed by atoms with van der Waals surface area (Å²) in [6, 6.07) is 9.58. The van der Waals surface area contributed by atoms with Crippen LogP contribution in [-0.2, 0) is 24.2 Å². The van der Waals surface area contributed by atoms with Gasteiger partial charge in [-0.05, 0) is 18.4 Å². The quantitative estimate of drug-likeness (QED) is 0.700. The molecule has 3 rings (SSSR count). The van der Waals surface area contributed by atoms with Crippen molar-refractivity contribution in [3.05, 3.63) is 48.0 Å². The van der Waals surface area contributed by atoms with Crippen LogP contribution in [0.3, 0.4) is 0 Å². The Hall–Kier alpha value is -2.90. The Morgan fingerprint density at radius 2 is 2.04 bits per heavy atom. The number of aromatic nitrogens is 3. The summed E-state index contributed by atoms with van der Waals surface area (Å²) >= 11 is 0. The van der Waals surface area contributed by atoms with Crippen molar-refractivity contribution in [1.29, 1.82) is 0 Å². The minimum atomic E-state index is -0.341. The molecule has 0 unspecified atom stereocenters. The third kappa shape index (κ3) is 5.03. The first-order chi connectivity index (χ1) is 12.2. The van der Waals surface area contributed by atoms with Crippen molar-refractivity contribution >= 4 is 11.9 Å². The first-order valence-corrected chi connectivity index (χ1v) is 8.42. The summed E-state index contributed by atoms with van der Waals surface area (Å²) in [5.74, 6) is 0.740. The fourth-order valence-electron chi connectivity index (χ4n) is 2.81. The standard InChI is InChI=1S/C17H22N6O2/c24-16(18-9-8-13-4-2-1-3-5-13)10-19-17(25)22-14-6-7-15-20-12-21-23(15)11-14/h1-5,12,14H,6-11H2,(H,18,24)(H2,19,22,25)/t14-/m0/s1. The summed E-state index contributed by atoms with van der Waals surface area (Å²) in [7, 11) is 0. The summed E-state index contributed by atoms with van der Waals surface area (Å²) < 4.78 is 1.80. The molecule has 3 amide bonds. The van der Waals surface area contributed by atoms with Gasteiger partial charge in [0.05, 0.1) is 19.1 Å². The highest BCUT2D eigenvalue weighted by atomic mass is 16.2. The van der Waals surface area contributed by atoms with Crippen LogP contribution in [-0.4, -0.2) is 45.8 Å². The van der Waals surface area contributed by atoms with Crippen molar-refractivity contribution in [3.63, 3.8) is 0 Å². The largest absolute Gasteiger partial charge is 0.354 e.